The minimum absolute atomic E-state index is 0.114. The molecule has 0 bridgehead atoms. The van der Waals surface area contributed by atoms with Crippen LogP contribution in [0.3, 0.4) is 0 Å². The number of hydrogen-bond donors (Lipinski definition) is 0. The molecule has 3 fully saturated rings. The topological polar surface area (TPSA) is 82.9 Å². The number of rotatable bonds is 5. The van der Waals surface area contributed by atoms with E-state index >= 15 is 0 Å². The third-order valence-electron chi connectivity index (χ3n) is 8.53. The van der Waals surface area contributed by atoms with Gasteiger partial charge in [0.1, 0.15) is 11.4 Å². The zero-order valence-electron chi connectivity index (χ0n) is 22.2. The zero-order chi connectivity index (χ0) is 27.1. The Bertz CT molecular complexity index is 1470. The first-order valence-corrected chi connectivity index (χ1v) is 13.5. The number of carbonyl (C=O) groups excluding carboxylic acids is 1. The van der Waals surface area contributed by atoms with Crippen molar-refractivity contribution in [1.29, 1.82) is 0 Å². The number of ether oxygens (including phenoxy) is 1. The first-order valence-electron chi connectivity index (χ1n) is 13.1. The monoisotopic (exact) mass is 552 g/mol. The highest BCUT2D eigenvalue weighted by Gasteiger charge is 2.57. The standard InChI is InChI=1S/C27H30ClFN8O2/c1-33(2)24(38)27(6-7-27)36-11-17-8-18(28)4-5-20(17)37-22(12-36)31-32-25(37)35-15-26(16-35)13-34(14-26)23-21(39-3)9-19(29)10-30-23/h4-5,8-10H,6-7,11-16H2,1-3H3. The molecule has 7 rings (SSSR count). The molecule has 4 aliphatic rings. The summed E-state index contributed by atoms with van der Waals surface area (Å²) in [6.45, 7) is 4.44. The van der Waals surface area contributed by atoms with E-state index in [1.54, 1.807) is 4.90 Å². The van der Waals surface area contributed by atoms with Crippen molar-refractivity contribution in [3.05, 3.63) is 52.7 Å². The van der Waals surface area contributed by atoms with Crippen LogP contribution in [0.4, 0.5) is 16.2 Å². The Labute approximate surface area is 230 Å². The van der Waals surface area contributed by atoms with Gasteiger partial charge in [0.15, 0.2) is 17.4 Å². The number of methoxy groups -OCH3 is 1. The lowest BCUT2D eigenvalue weighted by molar-refractivity contribution is -0.136. The molecule has 1 amide bonds. The molecule has 2 saturated heterocycles. The molecule has 5 heterocycles. The Morgan fingerprint density at radius 2 is 1.82 bits per heavy atom. The zero-order valence-corrected chi connectivity index (χ0v) is 22.9. The number of hydrogen-bond acceptors (Lipinski definition) is 8. The number of fused-ring (bicyclic) bond motifs is 3. The van der Waals surface area contributed by atoms with Gasteiger partial charge in [-0.25, -0.2) is 9.37 Å². The molecule has 39 heavy (non-hydrogen) atoms. The highest BCUT2D eigenvalue weighted by molar-refractivity contribution is 6.30. The van der Waals surface area contributed by atoms with E-state index in [1.807, 2.05) is 32.3 Å². The van der Waals surface area contributed by atoms with E-state index in [0.717, 1.165) is 62.0 Å². The molecule has 0 radical (unpaired) electrons. The number of nitrogens with zero attached hydrogens (tertiary/aromatic N) is 8. The summed E-state index contributed by atoms with van der Waals surface area (Å²) < 4.78 is 21.1. The summed E-state index contributed by atoms with van der Waals surface area (Å²) in [5, 5.41) is 9.92. The summed E-state index contributed by atoms with van der Waals surface area (Å²) in [6.07, 6.45) is 2.89. The summed E-state index contributed by atoms with van der Waals surface area (Å²) in [5.41, 5.74) is 1.67. The van der Waals surface area contributed by atoms with Crippen molar-refractivity contribution in [2.45, 2.75) is 31.5 Å². The SMILES string of the molecule is COc1cc(F)cnc1N1CC2(C1)CN(c1nnc3n1-c1ccc(Cl)cc1CN(C1(C(=O)N(C)C)CC1)C3)C2. The molecule has 0 atom stereocenters. The van der Waals surface area contributed by atoms with E-state index in [1.165, 1.54) is 19.4 Å². The fourth-order valence-electron chi connectivity index (χ4n) is 6.51. The molecule has 0 N–H and O–H groups in total. The summed E-state index contributed by atoms with van der Waals surface area (Å²) in [7, 11) is 5.16. The van der Waals surface area contributed by atoms with Crippen LogP contribution in [0.25, 0.3) is 5.69 Å². The number of halogens is 2. The fraction of sp³-hybridized carbons (Fsp3) is 0.481. The molecule has 1 spiro atoms. The van der Waals surface area contributed by atoms with Crippen LogP contribution < -0.4 is 14.5 Å². The van der Waals surface area contributed by atoms with Crippen LogP contribution in [-0.2, 0) is 17.9 Å². The van der Waals surface area contributed by atoms with Crippen molar-refractivity contribution in [3.63, 3.8) is 0 Å². The minimum atomic E-state index is -0.504. The van der Waals surface area contributed by atoms with Gasteiger partial charge < -0.3 is 19.4 Å². The van der Waals surface area contributed by atoms with Gasteiger partial charge in [0.05, 0.1) is 25.5 Å². The third kappa shape index (κ3) is 3.77. The Morgan fingerprint density at radius 3 is 2.51 bits per heavy atom. The molecule has 12 heteroatoms. The molecular weight excluding hydrogens is 523 g/mol. The molecule has 1 aromatic carbocycles. The van der Waals surface area contributed by atoms with E-state index in [2.05, 4.69) is 34.4 Å². The van der Waals surface area contributed by atoms with Gasteiger partial charge in [-0.05, 0) is 36.6 Å². The van der Waals surface area contributed by atoms with Crippen LogP contribution in [0, 0.1) is 11.2 Å². The molecule has 1 aliphatic carbocycles. The number of pyridine rings is 1. The van der Waals surface area contributed by atoms with Crippen molar-refractivity contribution >= 4 is 29.3 Å². The van der Waals surface area contributed by atoms with Crippen LogP contribution in [0.2, 0.25) is 5.02 Å². The summed E-state index contributed by atoms with van der Waals surface area (Å²) in [4.78, 5) is 25.7. The van der Waals surface area contributed by atoms with Crippen LogP contribution in [0.15, 0.2) is 30.5 Å². The Balaban J connectivity index is 1.15. The predicted molar refractivity (Wildman–Crippen MR) is 144 cm³/mol. The maximum atomic E-state index is 13.6. The van der Waals surface area contributed by atoms with Gasteiger partial charge in [-0.1, -0.05) is 11.6 Å². The van der Waals surface area contributed by atoms with Crippen LogP contribution in [0.5, 0.6) is 5.75 Å². The molecule has 10 nitrogen and oxygen atoms in total. The number of likely N-dealkylation sites (N-methyl/N-ethyl adjacent to an activating group) is 1. The fourth-order valence-corrected chi connectivity index (χ4v) is 6.71. The quantitative estimate of drug-likeness (QED) is 0.478. The molecule has 0 unspecified atom stereocenters. The van der Waals surface area contributed by atoms with Gasteiger partial charge in [-0.2, -0.15) is 0 Å². The van der Waals surface area contributed by atoms with Gasteiger partial charge in [-0.15, -0.1) is 10.2 Å². The van der Waals surface area contributed by atoms with Gasteiger partial charge >= 0.3 is 0 Å². The Kier molecular flexibility index (Phi) is 5.38. The van der Waals surface area contributed by atoms with Crippen molar-refractivity contribution < 1.29 is 13.9 Å². The van der Waals surface area contributed by atoms with Crippen molar-refractivity contribution in [2.75, 3.05) is 57.2 Å². The summed E-state index contributed by atoms with van der Waals surface area (Å²) in [6, 6.07) is 7.28. The number of carbonyl (C=O) groups is 1. The first kappa shape index (κ1) is 24.6. The lowest BCUT2D eigenvalue weighted by Gasteiger charge is -2.60. The maximum Gasteiger partial charge on any atom is 0.242 e. The highest BCUT2D eigenvalue weighted by atomic mass is 35.5. The molecule has 1 saturated carbocycles. The molecular formula is C27H30ClFN8O2. The average molecular weight is 553 g/mol. The van der Waals surface area contributed by atoms with E-state index in [4.69, 9.17) is 16.3 Å². The van der Waals surface area contributed by atoms with E-state index in [9.17, 15) is 9.18 Å². The summed E-state index contributed by atoms with van der Waals surface area (Å²) in [5.74, 6) is 2.47. The van der Waals surface area contributed by atoms with E-state index in [0.29, 0.717) is 29.7 Å². The lowest BCUT2D eigenvalue weighted by Crippen LogP contribution is -2.73. The van der Waals surface area contributed by atoms with Crippen LogP contribution in [0.1, 0.15) is 24.2 Å². The van der Waals surface area contributed by atoms with Crippen LogP contribution in [-0.4, -0.2) is 88.4 Å². The van der Waals surface area contributed by atoms with Crippen molar-refractivity contribution in [3.8, 4) is 11.4 Å². The van der Waals surface area contributed by atoms with Gasteiger partial charge in [0.25, 0.3) is 0 Å². The van der Waals surface area contributed by atoms with Gasteiger partial charge in [-0.3, -0.25) is 14.3 Å². The second-order valence-corrected chi connectivity index (χ2v) is 11.9. The molecule has 204 valence electrons. The normalized spacial score (nSPS) is 20.4. The third-order valence-corrected chi connectivity index (χ3v) is 8.76. The highest BCUT2D eigenvalue weighted by Crippen LogP contribution is 2.48. The maximum absolute atomic E-state index is 13.6. The van der Waals surface area contributed by atoms with Gasteiger partial charge in [0.2, 0.25) is 11.9 Å². The number of amides is 1. The number of benzene rings is 1. The lowest BCUT2D eigenvalue weighted by atomic mass is 9.73. The average Bonchev–Trinajstić information content (AvgIpc) is 3.60. The Morgan fingerprint density at radius 1 is 1.08 bits per heavy atom. The van der Waals surface area contributed by atoms with Crippen molar-refractivity contribution in [2.24, 2.45) is 5.41 Å². The largest absolute Gasteiger partial charge is 0.493 e. The van der Waals surface area contributed by atoms with Crippen LogP contribution >= 0.6 is 11.6 Å². The number of aromatic nitrogens is 4. The van der Waals surface area contributed by atoms with E-state index < -0.39 is 11.4 Å². The summed E-state index contributed by atoms with van der Waals surface area (Å²) >= 11 is 6.44. The smallest absolute Gasteiger partial charge is 0.242 e. The molecule has 3 aromatic rings. The second-order valence-electron chi connectivity index (χ2n) is 11.5. The first-order chi connectivity index (χ1) is 18.7. The minimum Gasteiger partial charge on any atom is -0.493 e. The van der Waals surface area contributed by atoms with E-state index in [-0.39, 0.29) is 11.3 Å². The Hall–Kier alpha value is -3.44. The number of anilines is 2. The molecule has 2 aromatic heterocycles. The second kappa shape index (κ2) is 8.53. The molecule has 3 aliphatic heterocycles. The van der Waals surface area contributed by atoms with Gasteiger partial charge in [0, 0.05) is 63.3 Å². The van der Waals surface area contributed by atoms with Crippen molar-refractivity contribution in [1.82, 2.24) is 29.5 Å². The predicted octanol–water partition coefficient (Wildman–Crippen LogP) is 2.73.